The fourth-order valence-electron chi connectivity index (χ4n) is 3.29. The summed E-state index contributed by atoms with van der Waals surface area (Å²) in [5.41, 5.74) is -1.17. The van der Waals surface area contributed by atoms with Crippen LogP contribution in [-0.2, 0) is 18.6 Å². The molecule has 3 nitrogen and oxygen atoms in total. The lowest BCUT2D eigenvalue weighted by Gasteiger charge is -2.21. The Kier molecular flexibility index (Phi) is 7.95. The number of hydrogen-bond acceptors (Lipinski definition) is 3. The molecule has 3 aromatic carbocycles. The Morgan fingerprint density at radius 2 is 1.23 bits per heavy atom. The number of unbranched alkanes of at least 4 members (excludes halogenated alkanes) is 2. The number of benzene rings is 3. The van der Waals surface area contributed by atoms with Crippen LogP contribution in [0.4, 0.5) is 26.3 Å². The maximum Gasteiger partial charge on any atom is 0.426 e. The topological polar surface area (TPSA) is 42.2 Å². The predicted octanol–water partition coefficient (Wildman–Crippen LogP) is 7.83. The molecule has 3 rings (SSSR count). The molecule has 0 aliphatic rings. The van der Waals surface area contributed by atoms with Crippen molar-refractivity contribution in [3.05, 3.63) is 94.6 Å². The zero-order valence-electron chi connectivity index (χ0n) is 18.6. The van der Waals surface area contributed by atoms with Crippen molar-refractivity contribution < 1.29 is 35.8 Å². The van der Waals surface area contributed by atoms with Gasteiger partial charge in [-0.3, -0.25) is 0 Å². The highest BCUT2D eigenvalue weighted by Gasteiger charge is 2.37. The van der Waals surface area contributed by atoms with Crippen molar-refractivity contribution in [2.45, 2.75) is 44.8 Å². The van der Waals surface area contributed by atoms with Gasteiger partial charge in [0.15, 0.2) is 0 Å². The van der Waals surface area contributed by atoms with Gasteiger partial charge in [-0.1, -0.05) is 31.9 Å². The monoisotopic (exact) mass is 493 g/mol. The number of aryl methyl sites for hydroxylation is 1. The van der Waals surface area contributed by atoms with Gasteiger partial charge in [0.05, 0.1) is 11.1 Å². The summed E-state index contributed by atoms with van der Waals surface area (Å²) in [6.07, 6.45) is -3.93. The minimum atomic E-state index is -4.05. The molecule has 0 bridgehead atoms. The molecule has 0 amide bonds. The quantitative estimate of drug-likeness (QED) is 0.214. The molecular weight excluding hydrogens is 472 g/mol. The van der Waals surface area contributed by atoms with E-state index in [9.17, 15) is 26.3 Å². The third-order valence-corrected chi connectivity index (χ3v) is 5.17. The third-order valence-electron chi connectivity index (χ3n) is 5.17. The zero-order valence-corrected chi connectivity index (χ0v) is 18.6. The van der Waals surface area contributed by atoms with Crippen LogP contribution in [0.15, 0.2) is 60.7 Å². The van der Waals surface area contributed by atoms with E-state index in [2.05, 4.69) is 11.7 Å². The van der Waals surface area contributed by atoms with Crippen LogP contribution in [0.5, 0.6) is 11.5 Å². The largest absolute Gasteiger partial charge is 0.429 e. The highest BCUT2D eigenvalue weighted by atomic mass is 19.3. The first-order chi connectivity index (χ1) is 16.6. The van der Waals surface area contributed by atoms with Crippen LogP contribution < -0.4 is 9.47 Å². The zero-order chi connectivity index (χ0) is 25.6. The van der Waals surface area contributed by atoms with Crippen LogP contribution in [-0.4, -0.2) is 0 Å². The molecule has 35 heavy (non-hydrogen) atoms. The molecule has 0 saturated heterocycles. The number of halogens is 6. The lowest BCUT2D eigenvalue weighted by molar-refractivity contribution is -0.187. The maximum absolute atomic E-state index is 14.6. The molecule has 0 radical (unpaired) electrons. The molecule has 0 fully saturated rings. The Morgan fingerprint density at radius 3 is 1.71 bits per heavy atom. The summed E-state index contributed by atoms with van der Waals surface area (Å²) >= 11 is 0. The second-order valence-corrected chi connectivity index (χ2v) is 7.79. The van der Waals surface area contributed by atoms with Gasteiger partial charge in [-0.05, 0) is 54.8 Å². The van der Waals surface area contributed by atoms with Gasteiger partial charge < -0.3 is 9.47 Å². The average molecular weight is 493 g/mol. The van der Waals surface area contributed by atoms with Crippen molar-refractivity contribution in [3.63, 3.8) is 0 Å². The van der Waals surface area contributed by atoms with E-state index in [0.717, 1.165) is 55.5 Å². The molecule has 3 aromatic rings. The summed E-state index contributed by atoms with van der Waals surface area (Å²) in [6.45, 7) is 2.07. The van der Waals surface area contributed by atoms with E-state index in [-0.39, 0.29) is 11.3 Å². The van der Waals surface area contributed by atoms with Gasteiger partial charge >= 0.3 is 12.2 Å². The van der Waals surface area contributed by atoms with Gasteiger partial charge in [0.25, 0.3) is 0 Å². The molecule has 0 unspecified atom stereocenters. The first-order valence-corrected chi connectivity index (χ1v) is 10.8. The lowest BCUT2D eigenvalue weighted by Crippen LogP contribution is -2.23. The van der Waals surface area contributed by atoms with E-state index in [0.29, 0.717) is 12.1 Å². The number of nitrogens with zero attached hydrogens (tertiary/aromatic N) is 1. The second kappa shape index (κ2) is 10.7. The summed E-state index contributed by atoms with van der Waals surface area (Å²) in [5, 5.41) is 8.65. The SMILES string of the molecule is CCCCCc1ccc(C(F)(F)Oc2ccc(C(F)(F)Oc3cc(F)c(C#N)c(F)c3)cc2)cc1. The highest BCUT2D eigenvalue weighted by Crippen LogP contribution is 2.36. The average Bonchev–Trinajstić information content (AvgIpc) is 2.79. The van der Waals surface area contributed by atoms with Gasteiger partial charge in [-0.15, -0.1) is 0 Å². The fourth-order valence-corrected chi connectivity index (χ4v) is 3.29. The van der Waals surface area contributed by atoms with Crippen molar-refractivity contribution in [2.75, 3.05) is 0 Å². The van der Waals surface area contributed by atoms with Crippen LogP contribution in [0.3, 0.4) is 0 Å². The van der Waals surface area contributed by atoms with E-state index < -0.39 is 40.7 Å². The number of hydrogen-bond donors (Lipinski definition) is 0. The first kappa shape index (κ1) is 25.9. The van der Waals surface area contributed by atoms with Crippen LogP contribution in [0.2, 0.25) is 0 Å². The Hall–Kier alpha value is -3.67. The molecule has 0 atom stereocenters. The third kappa shape index (κ3) is 6.47. The van der Waals surface area contributed by atoms with Crippen molar-refractivity contribution in [2.24, 2.45) is 0 Å². The summed E-state index contributed by atoms with van der Waals surface area (Å²) in [4.78, 5) is 0. The summed E-state index contributed by atoms with van der Waals surface area (Å²) in [7, 11) is 0. The molecule has 0 aromatic heterocycles. The summed E-state index contributed by atoms with van der Waals surface area (Å²) in [6, 6.07) is 11.3. The van der Waals surface area contributed by atoms with E-state index in [1.165, 1.54) is 18.2 Å². The van der Waals surface area contributed by atoms with E-state index in [1.54, 1.807) is 12.1 Å². The molecule has 9 heteroatoms. The van der Waals surface area contributed by atoms with E-state index in [4.69, 9.17) is 10.00 Å². The van der Waals surface area contributed by atoms with Gasteiger partial charge in [0, 0.05) is 12.1 Å². The Labute approximate surface area is 198 Å². The van der Waals surface area contributed by atoms with Gasteiger partial charge in [-0.25, -0.2) is 8.78 Å². The maximum atomic E-state index is 14.6. The van der Waals surface area contributed by atoms with Crippen molar-refractivity contribution in [3.8, 4) is 17.6 Å². The van der Waals surface area contributed by atoms with Gasteiger partial charge in [-0.2, -0.15) is 22.8 Å². The first-order valence-electron chi connectivity index (χ1n) is 10.8. The summed E-state index contributed by atoms with van der Waals surface area (Å²) in [5.74, 6) is -3.96. The second-order valence-electron chi connectivity index (χ2n) is 7.79. The minimum Gasteiger partial charge on any atom is -0.429 e. The number of ether oxygens (including phenoxy) is 2. The minimum absolute atomic E-state index is 0.378. The standard InChI is InChI=1S/C26H21F6NO2/c1-2-3-4-5-17-6-8-18(9-7-17)25(29,30)34-20-12-10-19(11-13-20)26(31,32)35-21-14-23(27)22(16-33)24(28)15-21/h6-15H,2-5H2,1H3. The fraction of sp³-hybridized carbons (Fsp3) is 0.269. The van der Waals surface area contributed by atoms with Crippen molar-refractivity contribution in [1.29, 1.82) is 5.26 Å². The predicted molar refractivity (Wildman–Crippen MR) is 116 cm³/mol. The Balaban J connectivity index is 1.69. The Morgan fingerprint density at radius 1 is 0.743 bits per heavy atom. The normalized spacial score (nSPS) is 11.7. The van der Waals surface area contributed by atoms with Crippen LogP contribution in [0, 0.1) is 23.0 Å². The van der Waals surface area contributed by atoms with Crippen LogP contribution in [0.1, 0.15) is 48.4 Å². The molecule has 0 saturated carbocycles. The molecule has 184 valence electrons. The molecule has 0 aliphatic carbocycles. The Bertz CT molecular complexity index is 1160. The van der Waals surface area contributed by atoms with Crippen molar-refractivity contribution in [1.82, 2.24) is 0 Å². The molecule has 0 heterocycles. The number of rotatable bonds is 10. The number of nitriles is 1. The highest BCUT2D eigenvalue weighted by molar-refractivity contribution is 5.38. The molecule has 0 N–H and O–H groups in total. The van der Waals surface area contributed by atoms with Crippen LogP contribution >= 0.6 is 0 Å². The molecule has 0 aliphatic heterocycles. The van der Waals surface area contributed by atoms with E-state index in [1.807, 2.05) is 0 Å². The van der Waals surface area contributed by atoms with Gasteiger partial charge in [0.2, 0.25) is 0 Å². The van der Waals surface area contributed by atoms with E-state index >= 15 is 0 Å². The molecular formula is C26H21F6NO2. The molecule has 0 spiro atoms. The summed E-state index contributed by atoms with van der Waals surface area (Å²) < 4.78 is 94.4. The number of alkyl halides is 4. The van der Waals surface area contributed by atoms with Crippen molar-refractivity contribution >= 4 is 0 Å². The van der Waals surface area contributed by atoms with Gasteiger partial charge in [0.1, 0.15) is 34.8 Å². The lowest BCUT2D eigenvalue weighted by atomic mass is 10.1. The smallest absolute Gasteiger partial charge is 0.426 e. The van der Waals surface area contributed by atoms with Crippen LogP contribution in [0.25, 0.3) is 0 Å².